The van der Waals surface area contributed by atoms with Gasteiger partial charge in [-0.05, 0) is 13.8 Å². The molecule has 0 aliphatic carbocycles. The first kappa shape index (κ1) is 11.7. The molecule has 0 aliphatic rings. The summed E-state index contributed by atoms with van der Waals surface area (Å²) in [7, 11) is 0. The van der Waals surface area contributed by atoms with E-state index in [0.29, 0.717) is 23.5 Å². The molecule has 1 aromatic heterocycles. The highest BCUT2D eigenvalue weighted by atomic mass is 35.5. The van der Waals surface area contributed by atoms with Crippen LogP contribution in [0, 0.1) is 18.3 Å². The summed E-state index contributed by atoms with van der Waals surface area (Å²) in [5, 5.41) is 28.5. The molecule has 1 aromatic rings. The van der Waals surface area contributed by atoms with Crippen molar-refractivity contribution in [2.24, 2.45) is 0 Å². The minimum absolute atomic E-state index is 0.217. The van der Waals surface area contributed by atoms with Crippen LogP contribution in [0.1, 0.15) is 18.1 Å². The zero-order chi connectivity index (χ0) is 11.4. The highest BCUT2D eigenvalue weighted by molar-refractivity contribution is 6.30. The zero-order valence-corrected chi connectivity index (χ0v) is 9.21. The lowest BCUT2D eigenvalue weighted by Crippen LogP contribution is -2.17. The Morgan fingerprint density at radius 3 is 2.80 bits per heavy atom. The van der Waals surface area contributed by atoms with Crippen LogP contribution in [0.4, 0.5) is 5.82 Å². The van der Waals surface area contributed by atoms with Gasteiger partial charge in [-0.3, -0.25) is 0 Å². The number of anilines is 1. The standard InChI is InChI=1S/C9H11ClN4O/c1-5(15)4-12-9-7(3-11)6(2)8(10)13-14-9/h5,15H,4H2,1-2H3,(H,12,14)/t5-/m1/s1. The molecule has 0 fully saturated rings. The molecule has 1 rings (SSSR count). The summed E-state index contributed by atoms with van der Waals surface area (Å²) in [4.78, 5) is 0. The molecule has 80 valence electrons. The van der Waals surface area contributed by atoms with Gasteiger partial charge in [-0.2, -0.15) is 5.26 Å². The Bertz CT molecular complexity index is 400. The second-order valence-corrected chi connectivity index (χ2v) is 3.54. The lowest BCUT2D eigenvalue weighted by Gasteiger charge is -2.09. The molecule has 0 saturated heterocycles. The van der Waals surface area contributed by atoms with Gasteiger partial charge in [-0.25, -0.2) is 0 Å². The summed E-state index contributed by atoms with van der Waals surface area (Å²) < 4.78 is 0. The van der Waals surface area contributed by atoms with E-state index in [1.807, 2.05) is 6.07 Å². The van der Waals surface area contributed by atoms with Gasteiger partial charge < -0.3 is 10.4 Å². The average Bonchev–Trinajstić information content (AvgIpc) is 2.19. The van der Waals surface area contributed by atoms with Gasteiger partial charge in [-0.1, -0.05) is 11.6 Å². The number of halogens is 1. The molecular formula is C9H11ClN4O. The second-order valence-electron chi connectivity index (χ2n) is 3.18. The smallest absolute Gasteiger partial charge is 0.167 e. The third-order valence-electron chi connectivity index (χ3n) is 1.84. The van der Waals surface area contributed by atoms with Crippen molar-refractivity contribution < 1.29 is 5.11 Å². The average molecular weight is 227 g/mol. The highest BCUT2D eigenvalue weighted by Crippen LogP contribution is 2.20. The Morgan fingerprint density at radius 1 is 1.60 bits per heavy atom. The predicted molar refractivity (Wildman–Crippen MR) is 56.7 cm³/mol. The van der Waals surface area contributed by atoms with E-state index in [0.717, 1.165) is 0 Å². The van der Waals surface area contributed by atoms with E-state index in [1.165, 1.54) is 0 Å². The van der Waals surface area contributed by atoms with E-state index < -0.39 is 6.10 Å². The predicted octanol–water partition coefficient (Wildman–Crippen LogP) is 1.10. The third-order valence-corrected chi connectivity index (χ3v) is 2.19. The second kappa shape index (κ2) is 4.91. The number of aliphatic hydroxyl groups excluding tert-OH is 1. The number of hydrogen-bond acceptors (Lipinski definition) is 5. The maximum atomic E-state index is 9.08. The normalized spacial score (nSPS) is 11.9. The first-order valence-electron chi connectivity index (χ1n) is 4.41. The lowest BCUT2D eigenvalue weighted by atomic mass is 10.2. The lowest BCUT2D eigenvalue weighted by molar-refractivity contribution is 0.208. The fraction of sp³-hybridized carbons (Fsp3) is 0.444. The summed E-state index contributed by atoms with van der Waals surface area (Å²) in [6.45, 7) is 3.64. The van der Waals surface area contributed by atoms with Crippen LogP contribution >= 0.6 is 11.6 Å². The number of aromatic nitrogens is 2. The monoisotopic (exact) mass is 226 g/mol. The van der Waals surface area contributed by atoms with Crippen molar-refractivity contribution in [2.75, 3.05) is 11.9 Å². The van der Waals surface area contributed by atoms with Crippen LogP contribution < -0.4 is 5.32 Å². The van der Waals surface area contributed by atoms with Crippen LogP contribution in [0.2, 0.25) is 5.15 Å². The van der Waals surface area contributed by atoms with Gasteiger partial charge in [0, 0.05) is 12.1 Å². The van der Waals surface area contributed by atoms with E-state index in [9.17, 15) is 0 Å². The third kappa shape index (κ3) is 2.78. The van der Waals surface area contributed by atoms with Crippen LogP contribution in [0.15, 0.2) is 0 Å². The molecule has 5 nitrogen and oxygen atoms in total. The first-order valence-corrected chi connectivity index (χ1v) is 4.79. The summed E-state index contributed by atoms with van der Waals surface area (Å²) in [5.41, 5.74) is 0.943. The Balaban J connectivity index is 2.99. The minimum atomic E-state index is -0.519. The van der Waals surface area contributed by atoms with Crippen LogP contribution in [0.5, 0.6) is 0 Å². The van der Waals surface area contributed by atoms with Crippen molar-refractivity contribution >= 4 is 17.4 Å². The van der Waals surface area contributed by atoms with Gasteiger partial charge >= 0.3 is 0 Å². The fourth-order valence-electron chi connectivity index (χ4n) is 1.00. The van der Waals surface area contributed by atoms with Gasteiger partial charge in [0.1, 0.15) is 11.6 Å². The van der Waals surface area contributed by atoms with Crippen molar-refractivity contribution in [3.8, 4) is 6.07 Å². The van der Waals surface area contributed by atoms with Crippen LogP contribution in [0.3, 0.4) is 0 Å². The Hall–Kier alpha value is -1.38. The number of rotatable bonds is 3. The van der Waals surface area contributed by atoms with Gasteiger partial charge in [0.15, 0.2) is 11.0 Å². The molecule has 15 heavy (non-hydrogen) atoms. The molecule has 0 saturated carbocycles. The van der Waals surface area contributed by atoms with Crippen molar-refractivity contribution in [1.82, 2.24) is 10.2 Å². The first-order chi connectivity index (χ1) is 7.06. The van der Waals surface area contributed by atoms with Gasteiger partial charge in [0.2, 0.25) is 0 Å². The molecule has 0 aromatic carbocycles. The number of nitrogens with one attached hydrogen (secondary N) is 1. The number of hydrogen-bond donors (Lipinski definition) is 2. The molecule has 1 atom stereocenters. The van der Waals surface area contributed by atoms with Gasteiger partial charge in [0.05, 0.1) is 6.10 Å². The number of nitriles is 1. The van der Waals surface area contributed by atoms with Gasteiger partial charge in [0.25, 0.3) is 0 Å². The molecule has 2 N–H and O–H groups in total. The molecule has 0 unspecified atom stereocenters. The number of nitrogens with zero attached hydrogens (tertiary/aromatic N) is 3. The molecule has 0 spiro atoms. The maximum Gasteiger partial charge on any atom is 0.167 e. The Morgan fingerprint density at radius 2 is 2.27 bits per heavy atom. The molecule has 0 aliphatic heterocycles. The van der Waals surface area contributed by atoms with E-state index >= 15 is 0 Å². The SMILES string of the molecule is Cc1c(Cl)nnc(NC[C@@H](C)O)c1C#N. The number of aliphatic hydroxyl groups is 1. The van der Waals surface area contributed by atoms with E-state index in [4.69, 9.17) is 22.0 Å². The minimum Gasteiger partial charge on any atom is -0.392 e. The Kier molecular flexibility index (Phi) is 3.83. The molecule has 0 radical (unpaired) electrons. The molecular weight excluding hydrogens is 216 g/mol. The topological polar surface area (TPSA) is 81.8 Å². The van der Waals surface area contributed by atoms with Gasteiger partial charge in [-0.15, -0.1) is 10.2 Å². The van der Waals surface area contributed by atoms with Crippen molar-refractivity contribution in [1.29, 1.82) is 5.26 Å². The van der Waals surface area contributed by atoms with Crippen LogP contribution in [-0.2, 0) is 0 Å². The molecule has 6 heteroatoms. The van der Waals surface area contributed by atoms with Crippen molar-refractivity contribution in [3.05, 3.63) is 16.3 Å². The summed E-state index contributed by atoms with van der Waals surface area (Å²) >= 11 is 5.73. The van der Waals surface area contributed by atoms with Crippen LogP contribution in [0.25, 0.3) is 0 Å². The van der Waals surface area contributed by atoms with E-state index in [1.54, 1.807) is 13.8 Å². The van der Waals surface area contributed by atoms with E-state index in [-0.39, 0.29) is 5.15 Å². The van der Waals surface area contributed by atoms with Crippen LogP contribution in [-0.4, -0.2) is 28.0 Å². The molecule has 1 heterocycles. The highest BCUT2D eigenvalue weighted by Gasteiger charge is 2.11. The molecule has 0 amide bonds. The van der Waals surface area contributed by atoms with E-state index in [2.05, 4.69) is 15.5 Å². The van der Waals surface area contributed by atoms with Crippen molar-refractivity contribution in [2.45, 2.75) is 20.0 Å². The zero-order valence-electron chi connectivity index (χ0n) is 8.45. The largest absolute Gasteiger partial charge is 0.392 e. The summed E-state index contributed by atoms with van der Waals surface area (Å²) in [5.74, 6) is 0.348. The van der Waals surface area contributed by atoms with Crippen molar-refractivity contribution in [3.63, 3.8) is 0 Å². The summed E-state index contributed by atoms with van der Waals surface area (Å²) in [6.07, 6.45) is -0.519. The fourth-order valence-corrected chi connectivity index (χ4v) is 1.14. The quantitative estimate of drug-likeness (QED) is 0.807. The molecule has 0 bridgehead atoms. The maximum absolute atomic E-state index is 9.08. The summed E-state index contributed by atoms with van der Waals surface area (Å²) in [6, 6.07) is 2.00. The Labute approximate surface area is 92.7 Å².